The van der Waals surface area contributed by atoms with E-state index in [1.165, 1.54) is 4.31 Å². The average Bonchev–Trinajstić information content (AvgIpc) is 2.81. The van der Waals surface area contributed by atoms with Crippen molar-refractivity contribution in [3.05, 3.63) is 53.1 Å². The van der Waals surface area contributed by atoms with Crippen molar-refractivity contribution >= 4 is 33.2 Å². The Morgan fingerprint density at radius 1 is 1.12 bits per heavy atom. The SMILES string of the molecule is COCCOc1c(Cl)cccc1NC(=O)C1CCN(S(=O)(=O)c2ccc(C(C)C)cc2)CC1. The number of carbonyl (C=O) groups excluding carboxylic acids is 1. The van der Waals surface area contributed by atoms with E-state index in [9.17, 15) is 13.2 Å². The van der Waals surface area contributed by atoms with Crippen molar-refractivity contribution in [2.45, 2.75) is 37.5 Å². The highest BCUT2D eigenvalue weighted by molar-refractivity contribution is 7.89. The molecule has 9 heteroatoms. The van der Waals surface area contributed by atoms with Crippen LogP contribution in [0.4, 0.5) is 5.69 Å². The van der Waals surface area contributed by atoms with Crippen LogP contribution < -0.4 is 10.1 Å². The molecule has 33 heavy (non-hydrogen) atoms. The first-order valence-electron chi connectivity index (χ1n) is 11.0. The van der Waals surface area contributed by atoms with Gasteiger partial charge < -0.3 is 14.8 Å². The highest BCUT2D eigenvalue weighted by atomic mass is 35.5. The van der Waals surface area contributed by atoms with Gasteiger partial charge in [-0.05, 0) is 48.6 Å². The number of benzene rings is 2. The minimum atomic E-state index is -3.59. The first kappa shape index (κ1) is 25.5. The Hall–Kier alpha value is -2.13. The van der Waals surface area contributed by atoms with E-state index in [-0.39, 0.29) is 16.7 Å². The number of carbonyl (C=O) groups is 1. The molecule has 1 aliphatic heterocycles. The summed E-state index contributed by atoms with van der Waals surface area (Å²) in [5, 5.41) is 3.29. The Labute approximate surface area is 201 Å². The zero-order valence-corrected chi connectivity index (χ0v) is 20.8. The Morgan fingerprint density at radius 3 is 2.39 bits per heavy atom. The van der Waals surface area contributed by atoms with Gasteiger partial charge >= 0.3 is 0 Å². The molecule has 0 radical (unpaired) electrons. The van der Waals surface area contributed by atoms with Crippen molar-refractivity contribution in [3.8, 4) is 5.75 Å². The van der Waals surface area contributed by atoms with Crippen molar-refractivity contribution in [2.75, 3.05) is 38.7 Å². The number of sulfonamides is 1. The summed E-state index contributed by atoms with van der Waals surface area (Å²) in [7, 11) is -2.01. The molecule has 1 N–H and O–H groups in total. The third kappa shape index (κ3) is 6.26. The largest absolute Gasteiger partial charge is 0.487 e. The van der Waals surface area contributed by atoms with E-state index >= 15 is 0 Å². The maximum Gasteiger partial charge on any atom is 0.243 e. The number of para-hydroxylation sites is 1. The first-order valence-corrected chi connectivity index (χ1v) is 12.9. The quantitative estimate of drug-likeness (QED) is 0.518. The third-order valence-electron chi connectivity index (χ3n) is 5.77. The topological polar surface area (TPSA) is 84.9 Å². The van der Waals surface area contributed by atoms with Crippen LogP contribution in [-0.2, 0) is 19.6 Å². The highest BCUT2D eigenvalue weighted by Gasteiger charge is 2.32. The Bertz CT molecular complexity index is 1050. The molecule has 1 amide bonds. The van der Waals surface area contributed by atoms with Gasteiger partial charge in [-0.3, -0.25) is 4.79 Å². The van der Waals surface area contributed by atoms with Crippen molar-refractivity contribution in [1.82, 2.24) is 4.31 Å². The predicted molar refractivity (Wildman–Crippen MR) is 129 cm³/mol. The lowest BCUT2D eigenvalue weighted by atomic mass is 9.97. The molecule has 0 aliphatic carbocycles. The van der Waals surface area contributed by atoms with Gasteiger partial charge in [-0.25, -0.2) is 8.42 Å². The number of methoxy groups -OCH3 is 1. The van der Waals surface area contributed by atoms with Crippen molar-refractivity contribution in [2.24, 2.45) is 5.92 Å². The molecule has 0 unspecified atom stereocenters. The average molecular weight is 495 g/mol. The van der Waals surface area contributed by atoms with Gasteiger partial charge in [0.1, 0.15) is 6.61 Å². The van der Waals surface area contributed by atoms with Crippen LogP contribution in [0.2, 0.25) is 5.02 Å². The van der Waals surface area contributed by atoms with E-state index in [1.807, 2.05) is 12.1 Å². The van der Waals surface area contributed by atoms with Gasteiger partial charge in [0.15, 0.2) is 5.75 Å². The fourth-order valence-corrected chi connectivity index (χ4v) is 5.45. The molecule has 0 atom stereocenters. The van der Waals surface area contributed by atoms with Gasteiger partial charge in [0.25, 0.3) is 0 Å². The van der Waals surface area contributed by atoms with Crippen LogP contribution >= 0.6 is 11.6 Å². The van der Waals surface area contributed by atoms with E-state index < -0.39 is 10.0 Å². The molecule has 7 nitrogen and oxygen atoms in total. The molecule has 0 saturated carbocycles. The molecule has 0 aromatic heterocycles. The van der Waals surface area contributed by atoms with Gasteiger partial charge in [-0.15, -0.1) is 0 Å². The first-order chi connectivity index (χ1) is 15.7. The second kappa shape index (κ2) is 11.3. The zero-order valence-electron chi connectivity index (χ0n) is 19.2. The van der Waals surface area contributed by atoms with Gasteiger partial charge in [0.05, 0.1) is 22.2 Å². The number of rotatable bonds is 9. The number of hydrogen-bond acceptors (Lipinski definition) is 5. The van der Waals surface area contributed by atoms with Crippen LogP contribution in [0, 0.1) is 5.92 Å². The molecular weight excluding hydrogens is 464 g/mol. The summed E-state index contributed by atoms with van der Waals surface area (Å²) in [5.74, 6) is 0.258. The molecule has 3 rings (SSSR count). The molecule has 0 spiro atoms. The number of halogens is 1. The van der Waals surface area contributed by atoms with E-state index in [0.717, 1.165) is 5.56 Å². The standard InChI is InChI=1S/C24H31ClN2O5S/c1-17(2)18-7-9-20(10-8-18)33(29,30)27-13-11-19(12-14-27)24(28)26-22-6-4-5-21(25)23(22)32-16-15-31-3/h4-10,17,19H,11-16H2,1-3H3,(H,26,28). The number of nitrogens with one attached hydrogen (secondary N) is 1. The summed E-state index contributed by atoms with van der Waals surface area (Å²) in [4.78, 5) is 13.2. The van der Waals surface area contributed by atoms with Crippen LogP contribution in [0.3, 0.4) is 0 Å². The van der Waals surface area contributed by atoms with Crippen molar-refractivity contribution < 1.29 is 22.7 Å². The second-order valence-corrected chi connectivity index (χ2v) is 10.7. The van der Waals surface area contributed by atoms with E-state index in [4.69, 9.17) is 21.1 Å². The maximum atomic E-state index is 13.0. The highest BCUT2D eigenvalue weighted by Crippen LogP contribution is 2.34. The smallest absolute Gasteiger partial charge is 0.243 e. The molecule has 1 heterocycles. The summed E-state index contributed by atoms with van der Waals surface area (Å²) in [6, 6.07) is 12.2. The van der Waals surface area contributed by atoms with Crippen LogP contribution in [0.15, 0.2) is 47.4 Å². The summed E-state index contributed by atoms with van der Waals surface area (Å²) in [6.07, 6.45) is 0.880. The van der Waals surface area contributed by atoms with Crippen LogP contribution in [-0.4, -0.2) is 52.0 Å². The van der Waals surface area contributed by atoms with Crippen molar-refractivity contribution in [3.63, 3.8) is 0 Å². The van der Waals surface area contributed by atoms with Crippen LogP contribution in [0.5, 0.6) is 5.75 Å². The number of piperidine rings is 1. The number of nitrogens with zero attached hydrogens (tertiary/aromatic N) is 1. The van der Waals surface area contributed by atoms with Gasteiger partial charge in [0, 0.05) is 26.1 Å². The molecule has 0 bridgehead atoms. The predicted octanol–water partition coefficient (Wildman–Crippen LogP) is 4.53. The molecule has 1 saturated heterocycles. The Kier molecular flexibility index (Phi) is 8.75. The van der Waals surface area contributed by atoms with Gasteiger partial charge in [-0.1, -0.05) is 43.6 Å². The minimum absolute atomic E-state index is 0.174. The number of ether oxygens (including phenoxy) is 2. The molecule has 1 fully saturated rings. The lowest BCUT2D eigenvalue weighted by Gasteiger charge is -2.30. The summed E-state index contributed by atoms with van der Waals surface area (Å²) in [5.41, 5.74) is 1.58. The molecule has 180 valence electrons. The summed E-state index contributed by atoms with van der Waals surface area (Å²) in [6.45, 7) is 5.41. The van der Waals surface area contributed by atoms with Crippen LogP contribution in [0.1, 0.15) is 38.2 Å². The lowest BCUT2D eigenvalue weighted by Crippen LogP contribution is -2.41. The molecule has 1 aliphatic rings. The number of amides is 1. The van der Waals surface area contributed by atoms with E-state index in [0.29, 0.717) is 61.5 Å². The van der Waals surface area contributed by atoms with Gasteiger partial charge in [-0.2, -0.15) is 4.31 Å². The Balaban J connectivity index is 1.62. The second-order valence-electron chi connectivity index (χ2n) is 8.35. The maximum absolute atomic E-state index is 13.0. The van der Waals surface area contributed by atoms with Crippen molar-refractivity contribution in [1.29, 1.82) is 0 Å². The Morgan fingerprint density at radius 2 is 1.79 bits per heavy atom. The zero-order chi connectivity index (χ0) is 24.0. The summed E-state index contributed by atoms with van der Waals surface area (Å²) < 4.78 is 38.2. The fraction of sp³-hybridized carbons (Fsp3) is 0.458. The molecule has 2 aromatic carbocycles. The normalized spacial score (nSPS) is 15.5. The number of anilines is 1. The van der Waals surface area contributed by atoms with E-state index in [2.05, 4.69) is 19.2 Å². The lowest BCUT2D eigenvalue weighted by molar-refractivity contribution is -0.120. The number of hydrogen-bond donors (Lipinski definition) is 1. The fourth-order valence-electron chi connectivity index (χ4n) is 3.75. The molecular formula is C24H31ClN2O5S. The van der Waals surface area contributed by atoms with Crippen LogP contribution in [0.25, 0.3) is 0 Å². The van der Waals surface area contributed by atoms with E-state index in [1.54, 1.807) is 37.4 Å². The molecule has 2 aromatic rings. The monoisotopic (exact) mass is 494 g/mol. The minimum Gasteiger partial charge on any atom is -0.487 e. The third-order valence-corrected chi connectivity index (χ3v) is 7.98. The summed E-state index contributed by atoms with van der Waals surface area (Å²) >= 11 is 6.24. The van der Waals surface area contributed by atoms with Gasteiger partial charge in [0.2, 0.25) is 15.9 Å².